The van der Waals surface area contributed by atoms with E-state index in [4.69, 9.17) is 0 Å². The minimum Gasteiger partial charge on any atom is -0.378 e. The summed E-state index contributed by atoms with van der Waals surface area (Å²) in [5.41, 5.74) is 0.958. The number of piperidine rings is 1. The molecular formula is C35H50N6O6. The first-order valence-corrected chi connectivity index (χ1v) is 15.9. The number of carbonyl (C=O) groups excluding carboxylic acids is 6. The number of ketones is 2. The second-order valence-electron chi connectivity index (χ2n) is 14.1. The van der Waals surface area contributed by atoms with Crippen molar-refractivity contribution >= 4 is 41.0 Å². The highest BCUT2D eigenvalue weighted by molar-refractivity contribution is 6.37. The molecule has 0 spiro atoms. The Bertz CT molecular complexity index is 1410. The van der Waals surface area contributed by atoms with Crippen LogP contribution in [0.1, 0.15) is 51.9 Å². The fourth-order valence-electron chi connectivity index (χ4n) is 6.38. The smallest absolute Gasteiger partial charge is 0.316 e. The van der Waals surface area contributed by atoms with Crippen LogP contribution >= 0.6 is 0 Å². The van der Waals surface area contributed by atoms with Gasteiger partial charge in [0.1, 0.15) is 18.1 Å². The van der Waals surface area contributed by atoms with Gasteiger partial charge in [0.25, 0.3) is 5.91 Å². The van der Waals surface area contributed by atoms with Gasteiger partial charge in [-0.25, -0.2) is 4.79 Å². The number of rotatable bonds is 14. The number of carbonyl (C=O) groups is 6. The molecule has 0 radical (unpaired) electrons. The summed E-state index contributed by atoms with van der Waals surface area (Å²) < 4.78 is 0. The van der Waals surface area contributed by atoms with E-state index in [1.54, 1.807) is 39.8 Å². The first-order chi connectivity index (χ1) is 21.9. The summed E-state index contributed by atoms with van der Waals surface area (Å²) in [5, 5.41) is 10.4. The molecule has 1 saturated heterocycles. The van der Waals surface area contributed by atoms with E-state index >= 15 is 0 Å². The number of nitrogens with one attached hydrogen (secondary N) is 4. The first-order valence-electron chi connectivity index (χ1n) is 15.9. The average molecular weight is 651 g/mol. The Labute approximate surface area is 277 Å². The van der Waals surface area contributed by atoms with Crippen LogP contribution in [0.4, 0.5) is 10.5 Å². The largest absolute Gasteiger partial charge is 0.378 e. The lowest BCUT2D eigenvalue weighted by molar-refractivity contribution is -0.144. The quantitative estimate of drug-likeness (QED) is 0.137. The fourth-order valence-corrected chi connectivity index (χ4v) is 6.38. The third-order valence-electron chi connectivity index (χ3n) is 8.89. The molecule has 3 rings (SSSR count). The predicted molar refractivity (Wildman–Crippen MR) is 181 cm³/mol. The van der Waals surface area contributed by atoms with Crippen molar-refractivity contribution in [3.05, 3.63) is 54.6 Å². The number of likely N-dealkylation sites (tertiary alicyclic amines) is 1. The molecule has 1 unspecified atom stereocenters. The number of fused-ring (bicyclic) bond motifs is 1. The summed E-state index contributed by atoms with van der Waals surface area (Å²) >= 11 is 0. The van der Waals surface area contributed by atoms with Crippen molar-refractivity contribution in [2.75, 3.05) is 38.6 Å². The summed E-state index contributed by atoms with van der Waals surface area (Å²) in [6.07, 6.45) is 1.44. The average Bonchev–Trinajstić information content (AvgIpc) is 3.58. The van der Waals surface area contributed by atoms with Crippen LogP contribution in [-0.4, -0.2) is 92.1 Å². The molecule has 4 N–H and O–H groups in total. The summed E-state index contributed by atoms with van der Waals surface area (Å²) in [4.78, 5) is 82.2. The normalized spacial score (nSPS) is 21.1. The van der Waals surface area contributed by atoms with Gasteiger partial charge in [-0.3, -0.25) is 24.0 Å². The minimum absolute atomic E-state index is 0.0973. The van der Waals surface area contributed by atoms with Gasteiger partial charge in [0.2, 0.25) is 17.6 Å². The number of amides is 5. The van der Waals surface area contributed by atoms with Crippen molar-refractivity contribution < 1.29 is 28.8 Å². The standard InChI is InChI=1S/C35H50N6O6/c1-11-16-36-31(44)24(42)17-37-32(45)28-26-23(25(26)19(2)3)18-41(28)33(46)30(35(6,7)8)39-34(47)38-27(20(4)5)29(43)21-12-14-22(15-13-21)40(9)10/h11-15,19,23,25-28,30H,1,4,16-18H2,2-3,5-10H3,(H,36,44)(H,37,45)(H2,38,39,47)/t23-,25?,26-,27+,28+,30-/m1/s1. The summed E-state index contributed by atoms with van der Waals surface area (Å²) in [6, 6.07) is 3.29. The highest BCUT2D eigenvalue weighted by Gasteiger charge is 2.65. The molecule has 6 atom stereocenters. The van der Waals surface area contributed by atoms with Crippen molar-refractivity contribution in [3.8, 4) is 0 Å². The lowest BCUT2D eigenvalue weighted by Gasteiger charge is -2.37. The molecule has 1 saturated carbocycles. The topological polar surface area (TPSA) is 157 Å². The molecule has 0 bridgehead atoms. The first kappa shape index (κ1) is 37.0. The van der Waals surface area contributed by atoms with Crippen molar-refractivity contribution in [3.63, 3.8) is 0 Å². The SMILES string of the molecule is C=CCNC(=O)C(=O)CNC(=O)[C@@H]1[C@H]2C(C(C)C)[C@H]2CN1C(=O)[C@@H](NC(=O)N[C@@H](C(=C)C)C(=O)c1ccc(N(C)C)cc1)C(C)(C)C. The fraction of sp³-hybridized carbons (Fsp3) is 0.543. The third kappa shape index (κ3) is 8.66. The van der Waals surface area contributed by atoms with Crippen LogP contribution in [0.5, 0.6) is 0 Å². The van der Waals surface area contributed by atoms with Gasteiger partial charge in [-0.05, 0) is 60.3 Å². The molecule has 256 valence electrons. The van der Waals surface area contributed by atoms with Crippen LogP contribution < -0.4 is 26.2 Å². The van der Waals surface area contributed by atoms with Gasteiger partial charge in [0.15, 0.2) is 5.78 Å². The maximum atomic E-state index is 14.2. The van der Waals surface area contributed by atoms with Crippen LogP contribution in [0.3, 0.4) is 0 Å². The maximum Gasteiger partial charge on any atom is 0.316 e. The number of hydrogen-bond donors (Lipinski definition) is 4. The molecule has 12 nitrogen and oxygen atoms in total. The van der Waals surface area contributed by atoms with Gasteiger partial charge in [0, 0.05) is 38.4 Å². The Balaban J connectivity index is 1.78. The van der Waals surface area contributed by atoms with E-state index in [0.29, 0.717) is 17.7 Å². The van der Waals surface area contributed by atoms with Gasteiger partial charge in [-0.15, -0.1) is 6.58 Å². The van der Waals surface area contributed by atoms with E-state index in [1.807, 2.05) is 31.1 Å². The van der Waals surface area contributed by atoms with Crippen molar-refractivity contribution in [2.24, 2.45) is 29.1 Å². The zero-order valence-corrected chi connectivity index (χ0v) is 28.8. The molecule has 5 amide bonds. The van der Waals surface area contributed by atoms with Gasteiger partial charge in [-0.2, -0.15) is 0 Å². The number of urea groups is 1. The monoisotopic (exact) mass is 650 g/mol. The molecule has 1 heterocycles. The second-order valence-corrected chi connectivity index (χ2v) is 14.1. The van der Waals surface area contributed by atoms with Gasteiger partial charge < -0.3 is 31.1 Å². The number of hydrogen-bond acceptors (Lipinski definition) is 7. The van der Waals surface area contributed by atoms with Crippen LogP contribution in [0.25, 0.3) is 0 Å². The number of nitrogens with zero attached hydrogens (tertiary/aromatic N) is 2. The molecule has 12 heteroatoms. The highest BCUT2D eigenvalue weighted by atomic mass is 16.2. The van der Waals surface area contributed by atoms with Gasteiger partial charge >= 0.3 is 6.03 Å². The van der Waals surface area contributed by atoms with Crippen LogP contribution in [0.2, 0.25) is 0 Å². The summed E-state index contributed by atoms with van der Waals surface area (Å²) in [5.74, 6) is -2.48. The van der Waals surface area contributed by atoms with Crippen LogP contribution in [0.15, 0.2) is 49.1 Å². The highest BCUT2D eigenvalue weighted by Crippen LogP contribution is 2.59. The molecule has 1 aromatic rings. The molecular weight excluding hydrogens is 600 g/mol. The van der Waals surface area contributed by atoms with E-state index in [1.165, 1.54) is 11.0 Å². The molecule has 47 heavy (non-hydrogen) atoms. The Hall–Kier alpha value is -4.48. The Morgan fingerprint density at radius 2 is 1.64 bits per heavy atom. The molecule has 1 aliphatic carbocycles. The van der Waals surface area contributed by atoms with Gasteiger partial charge in [-0.1, -0.05) is 52.8 Å². The molecule has 2 fully saturated rings. The number of anilines is 1. The Morgan fingerprint density at radius 3 is 2.15 bits per heavy atom. The number of benzene rings is 1. The van der Waals surface area contributed by atoms with E-state index in [9.17, 15) is 28.8 Å². The zero-order chi connectivity index (χ0) is 35.4. The molecule has 1 aliphatic heterocycles. The van der Waals surface area contributed by atoms with E-state index < -0.39 is 59.6 Å². The van der Waals surface area contributed by atoms with Crippen LogP contribution in [-0.2, 0) is 19.2 Å². The second kappa shape index (κ2) is 15.0. The lowest BCUT2D eigenvalue weighted by atomic mass is 9.85. The van der Waals surface area contributed by atoms with E-state index in [-0.39, 0.29) is 36.0 Å². The summed E-state index contributed by atoms with van der Waals surface area (Å²) in [6.45, 7) is 18.5. The lowest BCUT2D eigenvalue weighted by Crippen LogP contribution is -2.61. The van der Waals surface area contributed by atoms with Crippen LogP contribution in [0, 0.1) is 29.1 Å². The van der Waals surface area contributed by atoms with E-state index in [2.05, 4.69) is 48.3 Å². The molecule has 1 aromatic carbocycles. The molecule has 2 aliphatic rings. The third-order valence-corrected chi connectivity index (χ3v) is 8.89. The number of Topliss-reactive ketones (excluding diaryl/α,β-unsaturated/α-hetero) is 2. The van der Waals surface area contributed by atoms with Gasteiger partial charge in [0.05, 0.1) is 6.54 Å². The Morgan fingerprint density at radius 1 is 1.02 bits per heavy atom. The zero-order valence-electron chi connectivity index (χ0n) is 28.8. The Kier molecular flexibility index (Phi) is 11.8. The minimum atomic E-state index is -1.06. The molecule has 0 aromatic heterocycles. The predicted octanol–water partition coefficient (Wildman–Crippen LogP) is 2.31. The van der Waals surface area contributed by atoms with Crippen molar-refractivity contribution in [2.45, 2.75) is 59.7 Å². The van der Waals surface area contributed by atoms with E-state index in [0.717, 1.165) is 5.69 Å². The maximum absolute atomic E-state index is 14.2. The van der Waals surface area contributed by atoms with Crippen molar-refractivity contribution in [1.82, 2.24) is 26.2 Å². The summed E-state index contributed by atoms with van der Waals surface area (Å²) in [7, 11) is 3.78. The van der Waals surface area contributed by atoms with Crippen molar-refractivity contribution in [1.29, 1.82) is 0 Å².